The number of nitrogens with zero attached hydrogens (tertiary/aromatic N) is 4. The van der Waals surface area contributed by atoms with E-state index in [4.69, 9.17) is 16.3 Å². The number of carbonyl (C=O) groups excluding carboxylic acids is 1. The van der Waals surface area contributed by atoms with Gasteiger partial charge >= 0.3 is 12.1 Å². The minimum Gasteiger partial charge on any atom is -0.478 e. The van der Waals surface area contributed by atoms with Gasteiger partial charge in [-0.2, -0.15) is 0 Å². The summed E-state index contributed by atoms with van der Waals surface area (Å²) in [6.07, 6.45) is 2.56. The third-order valence-electron chi connectivity index (χ3n) is 5.82. The van der Waals surface area contributed by atoms with E-state index in [9.17, 15) is 14.7 Å². The van der Waals surface area contributed by atoms with Gasteiger partial charge in [0.1, 0.15) is 22.8 Å². The monoisotopic (exact) mass is 529 g/mol. The number of hydrogen-bond donors (Lipinski definition) is 2. The Hall–Kier alpha value is -4.50. The number of benzene rings is 2. The molecule has 0 bridgehead atoms. The van der Waals surface area contributed by atoms with Gasteiger partial charge in [-0.25, -0.2) is 19.6 Å². The molecule has 5 rings (SSSR count). The molecule has 9 nitrogen and oxygen atoms in total. The zero-order chi connectivity index (χ0) is 27.2. The van der Waals surface area contributed by atoms with Gasteiger partial charge in [-0.05, 0) is 75.2 Å². The van der Waals surface area contributed by atoms with Crippen LogP contribution in [0.3, 0.4) is 0 Å². The summed E-state index contributed by atoms with van der Waals surface area (Å²) in [4.78, 5) is 37.8. The number of aromatic carboxylic acids is 1. The van der Waals surface area contributed by atoms with Gasteiger partial charge in [0.05, 0.1) is 27.3 Å². The van der Waals surface area contributed by atoms with Crippen LogP contribution < -0.4 is 5.32 Å². The molecule has 0 radical (unpaired) electrons. The number of para-hydroxylation sites is 1. The van der Waals surface area contributed by atoms with Crippen molar-refractivity contribution < 1.29 is 19.4 Å². The average molecular weight is 530 g/mol. The molecule has 5 aromatic rings. The number of amides is 1. The van der Waals surface area contributed by atoms with Crippen molar-refractivity contribution in [3.63, 3.8) is 0 Å². The highest BCUT2D eigenvalue weighted by Gasteiger charge is 2.21. The number of aromatic nitrogens is 4. The second-order valence-corrected chi connectivity index (χ2v) is 10.1. The van der Waals surface area contributed by atoms with Crippen molar-refractivity contribution in [2.24, 2.45) is 0 Å². The Labute approximate surface area is 223 Å². The predicted molar refractivity (Wildman–Crippen MR) is 146 cm³/mol. The normalized spacial score (nSPS) is 11.6. The predicted octanol–water partition coefficient (Wildman–Crippen LogP) is 6.64. The van der Waals surface area contributed by atoms with Crippen molar-refractivity contribution in [3.8, 4) is 16.8 Å². The number of nitrogens with one attached hydrogen (secondary N) is 1. The Morgan fingerprint density at radius 3 is 2.50 bits per heavy atom. The second kappa shape index (κ2) is 9.42. The molecule has 0 saturated heterocycles. The number of anilines is 1. The molecule has 0 fully saturated rings. The van der Waals surface area contributed by atoms with Crippen LogP contribution in [0.5, 0.6) is 0 Å². The van der Waals surface area contributed by atoms with Crippen LogP contribution in [0.2, 0.25) is 5.02 Å². The molecular formula is C28H24ClN5O4. The molecule has 0 aliphatic heterocycles. The van der Waals surface area contributed by atoms with E-state index >= 15 is 0 Å². The zero-order valence-corrected chi connectivity index (χ0v) is 21.9. The lowest BCUT2D eigenvalue weighted by molar-refractivity contribution is 0.0633. The average Bonchev–Trinajstić information content (AvgIpc) is 3.17. The van der Waals surface area contributed by atoms with E-state index in [-0.39, 0.29) is 11.4 Å². The first kappa shape index (κ1) is 25.2. The Kier molecular flexibility index (Phi) is 6.24. The van der Waals surface area contributed by atoms with Crippen LogP contribution >= 0.6 is 11.6 Å². The molecule has 38 heavy (non-hydrogen) atoms. The standard InChI is InChI=1S/C28H24ClN5O4/c1-15-32-25-19(26(35)36)12-17(16-8-10-30-23(14-16)33-27(37)38-28(2,3)4)13-22(25)34(15)21-9-11-31-24-18(21)6-5-7-20(24)29/h5-14H,1-4H3,(H,35,36)(H,30,33,37). The third kappa shape index (κ3) is 4.76. The van der Waals surface area contributed by atoms with Crippen LogP contribution in [0.1, 0.15) is 37.0 Å². The van der Waals surface area contributed by atoms with E-state index in [1.807, 2.05) is 35.8 Å². The van der Waals surface area contributed by atoms with Crippen LogP contribution in [0.25, 0.3) is 38.8 Å². The first-order valence-corrected chi connectivity index (χ1v) is 12.2. The van der Waals surface area contributed by atoms with Crippen molar-refractivity contribution in [1.29, 1.82) is 0 Å². The lowest BCUT2D eigenvalue weighted by atomic mass is 10.0. The summed E-state index contributed by atoms with van der Waals surface area (Å²) in [5, 5.41) is 14.0. The van der Waals surface area contributed by atoms with Crippen LogP contribution in [-0.2, 0) is 4.74 Å². The molecule has 1 amide bonds. The summed E-state index contributed by atoms with van der Waals surface area (Å²) in [5.74, 6) is -0.229. The van der Waals surface area contributed by atoms with Crippen molar-refractivity contribution in [2.75, 3.05) is 5.32 Å². The molecule has 2 N–H and O–H groups in total. The van der Waals surface area contributed by atoms with E-state index in [1.165, 1.54) is 6.20 Å². The molecule has 0 atom stereocenters. The maximum Gasteiger partial charge on any atom is 0.413 e. The summed E-state index contributed by atoms with van der Waals surface area (Å²) in [7, 11) is 0. The van der Waals surface area contributed by atoms with Gasteiger partial charge in [0.15, 0.2) is 0 Å². The molecule has 0 aliphatic rings. The van der Waals surface area contributed by atoms with Crippen LogP contribution in [0, 0.1) is 6.92 Å². The lowest BCUT2D eigenvalue weighted by Gasteiger charge is -2.19. The molecule has 3 heterocycles. The van der Waals surface area contributed by atoms with E-state index in [0.717, 1.165) is 11.1 Å². The van der Waals surface area contributed by atoms with Gasteiger partial charge in [0, 0.05) is 17.8 Å². The first-order valence-electron chi connectivity index (χ1n) is 11.8. The summed E-state index contributed by atoms with van der Waals surface area (Å²) >= 11 is 6.40. The fourth-order valence-electron chi connectivity index (χ4n) is 4.33. The quantitative estimate of drug-likeness (QED) is 0.267. The Bertz CT molecular complexity index is 1740. The Morgan fingerprint density at radius 2 is 1.76 bits per heavy atom. The molecule has 3 aromatic heterocycles. The minimum atomic E-state index is -1.11. The van der Waals surface area contributed by atoms with E-state index in [2.05, 4.69) is 20.3 Å². The summed E-state index contributed by atoms with van der Waals surface area (Å²) in [6.45, 7) is 7.12. The molecule has 192 valence electrons. The maximum absolute atomic E-state index is 12.3. The number of hydrogen-bond acceptors (Lipinski definition) is 6. The number of carboxylic acid groups (broad SMARTS) is 1. The number of fused-ring (bicyclic) bond motifs is 2. The topological polar surface area (TPSA) is 119 Å². The molecule has 0 aliphatic carbocycles. The third-order valence-corrected chi connectivity index (χ3v) is 6.13. The largest absolute Gasteiger partial charge is 0.478 e. The number of carbonyl (C=O) groups is 2. The number of halogens is 1. The lowest BCUT2D eigenvalue weighted by Crippen LogP contribution is -2.27. The van der Waals surface area contributed by atoms with Gasteiger partial charge in [0.25, 0.3) is 0 Å². The van der Waals surface area contributed by atoms with Crippen LogP contribution in [-0.4, -0.2) is 42.3 Å². The molecular weight excluding hydrogens is 506 g/mol. The van der Waals surface area contributed by atoms with Crippen molar-refractivity contribution in [3.05, 3.63) is 77.3 Å². The molecule has 10 heteroatoms. The van der Waals surface area contributed by atoms with Crippen molar-refractivity contribution in [1.82, 2.24) is 19.5 Å². The number of carboxylic acids is 1. The highest BCUT2D eigenvalue weighted by Crippen LogP contribution is 2.34. The highest BCUT2D eigenvalue weighted by atomic mass is 35.5. The van der Waals surface area contributed by atoms with Gasteiger partial charge in [-0.15, -0.1) is 0 Å². The van der Waals surface area contributed by atoms with Crippen LogP contribution in [0.4, 0.5) is 10.6 Å². The van der Waals surface area contributed by atoms with Gasteiger partial charge in [-0.3, -0.25) is 14.9 Å². The summed E-state index contributed by atoms with van der Waals surface area (Å²) in [5.41, 5.74) is 3.01. The number of ether oxygens (including phenoxy) is 1. The Morgan fingerprint density at radius 1 is 1.00 bits per heavy atom. The van der Waals surface area contributed by atoms with Crippen LogP contribution in [0.15, 0.2) is 60.9 Å². The number of pyridine rings is 2. The first-order chi connectivity index (χ1) is 18.0. The highest BCUT2D eigenvalue weighted by molar-refractivity contribution is 6.35. The number of imidazole rings is 1. The van der Waals surface area contributed by atoms with Gasteiger partial charge in [-0.1, -0.05) is 23.7 Å². The minimum absolute atomic E-state index is 0.0502. The molecule has 2 aromatic carbocycles. The van der Waals surface area contributed by atoms with Crippen molar-refractivity contribution >= 4 is 51.4 Å². The number of aryl methyl sites for hydroxylation is 1. The van der Waals surface area contributed by atoms with Crippen molar-refractivity contribution in [2.45, 2.75) is 33.3 Å². The summed E-state index contributed by atoms with van der Waals surface area (Å²) in [6, 6.07) is 14.2. The fourth-order valence-corrected chi connectivity index (χ4v) is 4.56. The smallest absolute Gasteiger partial charge is 0.413 e. The Balaban J connectivity index is 1.68. The van der Waals surface area contributed by atoms with Gasteiger partial charge < -0.3 is 9.84 Å². The molecule has 0 unspecified atom stereocenters. The fraction of sp³-hybridized carbons (Fsp3) is 0.179. The number of rotatable bonds is 4. The zero-order valence-electron chi connectivity index (χ0n) is 21.1. The van der Waals surface area contributed by atoms with E-state index in [1.54, 1.807) is 51.2 Å². The molecule has 0 spiro atoms. The second-order valence-electron chi connectivity index (χ2n) is 9.71. The van der Waals surface area contributed by atoms with E-state index in [0.29, 0.717) is 38.5 Å². The SMILES string of the molecule is Cc1nc2c(C(=O)O)cc(-c3ccnc(NC(=O)OC(C)(C)C)c3)cc2n1-c1ccnc2c(Cl)cccc12. The van der Waals surface area contributed by atoms with Gasteiger partial charge in [0.2, 0.25) is 0 Å². The summed E-state index contributed by atoms with van der Waals surface area (Å²) < 4.78 is 7.21. The maximum atomic E-state index is 12.3. The molecule has 0 saturated carbocycles. The van der Waals surface area contributed by atoms with E-state index < -0.39 is 17.7 Å².